The van der Waals surface area contributed by atoms with Crippen LogP contribution < -0.4 is 10.6 Å². The Kier molecular flexibility index (Phi) is 11.4. The Morgan fingerprint density at radius 3 is 2.00 bits per heavy atom. The maximum atomic E-state index is 14.2. The Balaban J connectivity index is 1.36. The van der Waals surface area contributed by atoms with Crippen molar-refractivity contribution in [3.05, 3.63) is 130 Å². The van der Waals surface area contributed by atoms with Crippen LogP contribution in [0.5, 0.6) is 0 Å². The molecule has 4 aromatic rings. The highest BCUT2D eigenvalue weighted by molar-refractivity contribution is 8.45. The summed E-state index contributed by atoms with van der Waals surface area (Å²) in [6.07, 6.45) is 1.67. The number of alkyl halides is 1. The van der Waals surface area contributed by atoms with Gasteiger partial charge in [-0.05, 0) is 56.2 Å². The molecule has 0 radical (unpaired) electrons. The first-order chi connectivity index (χ1) is 26.2. The van der Waals surface area contributed by atoms with E-state index in [2.05, 4.69) is 15.8 Å². The molecule has 3 aromatic carbocycles. The average molecular weight is 804 g/mol. The fourth-order valence-electron chi connectivity index (χ4n) is 6.84. The lowest BCUT2D eigenvalue weighted by Gasteiger charge is -2.59. The molecule has 0 saturated carbocycles. The Morgan fingerprint density at radius 2 is 1.53 bits per heavy atom. The minimum Gasteiger partial charge on any atom is -0.477 e. The van der Waals surface area contributed by atoms with Gasteiger partial charge in [0.1, 0.15) is 40.6 Å². The number of nitrogens with zero attached hydrogens (tertiary/aromatic N) is 3. The summed E-state index contributed by atoms with van der Waals surface area (Å²) in [6, 6.07) is 28.6. The zero-order valence-electron chi connectivity index (χ0n) is 30.9. The van der Waals surface area contributed by atoms with Gasteiger partial charge in [0, 0.05) is 17.0 Å². The monoisotopic (exact) mass is 803 g/mol. The number of ether oxygens (including phenoxy) is 1. The van der Waals surface area contributed by atoms with Crippen LogP contribution in [0.25, 0.3) is 0 Å². The van der Waals surface area contributed by atoms with E-state index >= 15 is 0 Å². The Morgan fingerprint density at radius 1 is 0.982 bits per heavy atom. The number of carbonyl (C=O) groups is 4. The van der Waals surface area contributed by atoms with Gasteiger partial charge in [-0.3, -0.25) is 14.5 Å². The molecule has 6 rings (SSSR count). The summed E-state index contributed by atoms with van der Waals surface area (Å²) >= 11 is 7.44. The van der Waals surface area contributed by atoms with Crippen LogP contribution in [-0.2, 0) is 29.5 Å². The van der Waals surface area contributed by atoms with Crippen molar-refractivity contribution in [1.29, 1.82) is 0 Å². The number of rotatable bonds is 12. The van der Waals surface area contributed by atoms with E-state index in [0.29, 0.717) is 5.13 Å². The highest BCUT2D eigenvalue weighted by Gasteiger charge is 2.63. The number of nitrogens with one attached hydrogen (secondary N) is 2. The highest BCUT2D eigenvalue weighted by atomic mass is 35.5. The maximum absolute atomic E-state index is 14.2. The molecule has 0 aliphatic carbocycles. The van der Waals surface area contributed by atoms with Gasteiger partial charge >= 0.3 is 11.3 Å². The van der Waals surface area contributed by atoms with Gasteiger partial charge in [0.25, 0.3) is 11.8 Å². The average Bonchev–Trinajstić information content (AvgIpc) is 3.63. The Bertz CT molecular complexity index is 2040. The van der Waals surface area contributed by atoms with E-state index in [0.717, 1.165) is 21.6 Å². The molecular formula is C40H42ClN5O7S2. The third-order valence-corrected chi connectivity index (χ3v) is 13.6. The lowest BCUT2D eigenvalue weighted by molar-refractivity contribution is -0.150. The molecule has 55 heavy (non-hydrogen) atoms. The quantitative estimate of drug-likeness (QED) is 0.0346. The second kappa shape index (κ2) is 15.9. The third kappa shape index (κ3) is 7.58. The molecule has 2 amide bonds. The zero-order chi connectivity index (χ0) is 39.5. The highest BCUT2D eigenvalue weighted by Crippen LogP contribution is 2.62. The standard InChI is InChI=1S/C40H42ClN5O7S2/c1-6-52-45-30(33(47)43-31-34(48)46-32(36(49)50)25(22-41)24-55(5,35(31)46)38(51)53-39(2,3)4)29-23-54-37(42-29)44-40(26-16-10-7-11-17-26,27-18-12-8-13-19-27)28-20-14-9-15-21-28/h7-21,23,31,35H,6,22,24H2,1-5H3,(H,42,44)(H,43,47)(H,49,50)/t31?,35-/m0/s1. The molecule has 0 spiro atoms. The Hall–Kier alpha value is -5.18. The number of carboxylic acids is 1. The summed E-state index contributed by atoms with van der Waals surface area (Å²) in [5, 5.41) is 21.2. The predicted octanol–water partition coefficient (Wildman–Crippen LogP) is 6.90. The molecule has 1 aromatic heterocycles. The number of halogens is 1. The van der Waals surface area contributed by atoms with Crippen molar-refractivity contribution in [3.8, 4) is 0 Å². The number of aliphatic carboxylic acids is 1. The molecule has 3 N–H and O–H groups in total. The first-order valence-corrected chi connectivity index (χ1v) is 21.2. The van der Waals surface area contributed by atoms with Gasteiger partial charge in [-0.15, -0.1) is 33.0 Å². The summed E-state index contributed by atoms with van der Waals surface area (Å²) < 4.78 is 5.79. The van der Waals surface area contributed by atoms with Crippen molar-refractivity contribution in [3.63, 3.8) is 0 Å². The molecule has 2 aliphatic rings. The SMILES string of the molecule is CCON=C(C(=O)NC1C(=O)N2C(C(=O)O)=C(CCl)CS(C)(C(=O)OC(C)(C)C)[C@@H]12)c1csc(NC(c2ccccc2)(c2ccccc2)c2ccccc2)n1. The van der Waals surface area contributed by atoms with Crippen molar-refractivity contribution >= 4 is 66.9 Å². The van der Waals surface area contributed by atoms with Gasteiger partial charge in [-0.2, -0.15) is 0 Å². The number of oxime groups is 1. The maximum Gasteiger partial charge on any atom is 0.352 e. The van der Waals surface area contributed by atoms with Crippen LogP contribution in [0.4, 0.5) is 9.93 Å². The van der Waals surface area contributed by atoms with E-state index in [1.54, 1.807) is 39.3 Å². The Labute approximate surface area is 329 Å². The van der Waals surface area contributed by atoms with Crippen LogP contribution in [0.15, 0.2) is 113 Å². The number of anilines is 1. The molecule has 15 heteroatoms. The first-order valence-electron chi connectivity index (χ1n) is 17.5. The van der Waals surface area contributed by atoms with Crippen LogP contribution in [0.2, 0.25) is 0 Å². The van der Waals surface area contributed by atoms with Crippen molar-refractivity contribution < 1.29 is 33.9 Å². The normalized spacial score (nSPS) is 21.1. The number of carboxylic acid groups (broad SMARTS) is 1. The fraction of sp³-hybridized carbons (Fsp3) is 0.300. The van der Waals surface area contributed by atoms with Crippen LogP contribution in [0, 0.1) is 0 Å². The van der Waals surface area contributed by atoms with Crippen molar-refractivity contribution in [2.75, 3.05) is 29.8 Å². The lowest BCUT2D eigenvalue weighted by atomic mass is 9.77. The summed E-state index contributed by atoms with van der Waals surface area (Å²) in [6.45, 7) is 7.01. The van der Waals surface area contributed by atoms with Gasteiger partial charge in [-0.1, -0.05) is 96.2 Å². The molecule has 1 saturated heterocycles. The lowest BCUT2D eigenvalue weighted by Crippen LogP contribution is -2.74. The van der Waals surface area contributed by atoms with Gasteiger partial charge in [0.15, 0.2) is 10.8 Å². The van der Waals surface area contributed by atoms with E-state index in [9.17, 15) is 24.3 Å². The predicted molar refractivity (Wildman–Crippen MR) is 216 cm³/mol. The molecule has 2 unspecified atom stereocenters. The summed E-state index contributed by atoms with van der Waals surface area (Å²) in [5.41, 5.74) is 1.01. The number of fused-ring (bicyclic) bond motifs is 1. The molecule has 1 fully saturated rings. The van der Waals surface area contributed by atoms with Crippen molar-refractivity contribution in [2.45, 2.75) is 50.3 Å². The number of β-lactam (4-membered cyclic amide) rings is 1. The van der Waals surface area contributed by atoms with Crippen molar-refractivity contribution in [1.82, 2.24) is 15.2 Å². The van der Waals surface area contributed by atoms with E-state index in [1.165, 1.54) is 11.3 Å². The topological polar surface area (TPSA) is 160 Å². The number of aromatic nitrogens is 1. The number of carbonyl (C=O) groups excluding carboxylic acids is 3. The number of thiazole rings is 1. The number of hydrogen-bond donors (Lipinski definition) is 3. The van der Waals surface area contributed by atoms with Gasteiger partial charge in [-0.25, -0.2) is 14.6 Å². The summed E-state index contributed by atoms with van der Waals surface area (Å²) in [7, 11) is -2.62. The number of benzene rings is 3. The summed E-state index contributed by atoms with van der Waals surface area (Å²) in [4.78, 5) is 65.5. The molecule has 3 atom stereocenters. The van der Waals surface area contributed by atoms with Crippen LogP contribution in [0.1, 0.15) is 50.1 Å². The van der Waals surface area contributed by atoms with Crippen LogP contribution in [0.3, 0.4) is 0 Å². The van der Waals surface area contributed by atoms with Gasteiger partial charge < -0.3 is 25.3 Å². The van der Waals surface area contributed by atoms with Crippen molar-refractivity contribution in [2.24, 2.45) is 5.16 Å². The second-order valence-electron chi connectivity index (χ2n) is 14.1. The number of hydrogen-bond acceptors (Lipinski definition) is 10. The van der Waals surface area contributed by atoms with E-state index < -0.39 is 55.7 Å². The minimum atomic E-state index is -2.62. The molecule has 12 nitrogen and oxygen atoms in total. The van der Waals surface area contributed by atoms with E-state index in [4.69, 9.17) is 26.2 Å². The zero-order valence-corrected chi connectivity index (χ0v) is 33.3. The third-order valence-electron chi connectivity index (χ3n) is 9.21. The smallest absolute Gasteiger partial charge is 0.352 e. The van der Waals surface area contributed by atoms with Crippen LogP contribution in [-0.4, -0.2) is 85.3 Å². The molecule has 0 bridgehead atoms. The largest absolute Gasteiger partial charge is 0.477 e. The van der Waals surface area contributed by atoms with Gasteiger partial charge in [0.05, 0.1) is 0 Å². The first kappa shape index (κ1) is 39.5. The minimum absolute atomic E-state index is 0.0130. The molecule has 3 heterocycles. The van der Waals surface area contributed by atoms with E-state index in [-0.39, 0.29) is 40.9 Å². The van der Waals surface area contributed by atoms with Gasteiger partial charge in [0.2, 0.25) is 0 Å². The molecule has 2 aliphatic heterocycles. The summed E-state index contributed by atoms with van der Waals surface area (Å²) in [5.74, 6) is -3.07. The fourth-order valence-corrected chi connectivity index (χ4v) is 11.3. The number of amides is 2. The van der Waals surface area contributed by atoms with E-state index in [1.807, 2.05) is 91.0 Å². The second-order valence-corrected chi connectivity index (χ2v) is 18.6. The van der Waals surface area contributed by atoms with Crippen LogP contribution >= 0.6 is 33.0 Å². The molecule has 288 valence electrons. The molecular weight excluding hydrogens is 762 g/mol.